The molecule has 10 aliphatic rings. The van der Waals surface area contributed by atoms with Crippen molar-refractivity contribution in [1.29, 1.82) is 0 Å². The molecule has 82 valence electrons. The van der Waals surface area contributed by atoms with Gasteiger partial charge in [0.1, 0.15) is 0 Å². The normalized spacial score (nSPS) is 139. The van der Waals surface area contributed by atoms with E-state index in [1.807, 2.05) is 0 Å². The van der Waals surface area contributed by atoms with Crippen LogP contribution in [0.4, 0.5) is 0 Å². The summed E-state index contributed by atoms with van der Waals surface area (Å²) in [6.45, 7) is -0.504. The first kappa shape index (κ1) is 5.63. The van der Waals surface area contributed by atoms with Gasteiger partial charge in [0.25, 0.3) is 0 Å². The maximum absolute atomic E-state index is 7.31. The Balaban J connectivity index is 1.82. The van der Waals surface area contributed by atoms with E-state index in [1.165, 1.54) is 45.0 Å². The SMILES string of the molecule is CCC[C]12[CH]3[CH]4[C]5(Cl)[CH]1[Fe]43521678[CH]2[CH]1[CH]6[CH]7[CH]28. The number of hydrogen-bond donors (Lipinski definition) is 0. The van der Waals surface area contributed by atoms with Crippen molar-refractivity contribution >= 4 is 11.6 Å². The molecule has 0 aromatic heterocycles. The molecule has 2 heteroatoms. The third-order valence-electron chi connectivity index (χ3n) is 15.6. The number of halogens is 1. The number of fused-ring (bicyclic) bond motifs is 10. The summed E-state index contributed by atoms with van der Waals surface area (Å²) >= 11 is 7.31. The predicted octanol–water partition coefficient (Wildman–Crippen LogP) is 4.69. The van der Waals surface area contributed by atoms with E-state index in [0.717, 1.165) is 4.31 Å². The topological polar surface area (TPSA) is 0 Å². The minimum absolute atomic E-state index is 0.629. The van der Waals surface area contributed by atoms with Gasteiger partial charge in [-0.2, -0.15) is 0 Å². The van der Waals surface area contributed by atoms with Crippen LogP contribution in [0.25, 0.3) is 0 Å². The van der Waals surface area contributed by atoms with E-state index in [-0.39, 0.29) is 0 Å². The second-order valence-electron chi connectivity index (χ2n) is 10.6. The molecular weight excluding hydrogens is 247 g/mol. The number of rotatable bonds is 2. The molecule has 0 aromatic rings. The molecule has 1 spiro atoms. The third kappa shape index (κ3) is 0.0456. The van der Waals surface area contributed by atoms with Gasteiger partial charge < -0.3 is 0 Å². The summed E-state index contributed by atoms with van der Waals surface area (Å²) in [5.41, 5.74) is 0. The Morgan fingerprint density at radius 2 is 1.67 bits per heavy atom. The summed E-state index contributed by atoms with van der Waals surface area (Å²) in [5.74, 6) is 0. The van der Waals surface area contributed by atoms with Crippen LogP contribution in [0.3, 0.4) is 0 Å². The molecule has 15 heavy (non-hydrogen) atoms. The molecule has 10 heterocycles. The predicted molar refractivity (Wildman–Crippen MR) is 56.2 cm³/mol. The van der Waals surface area contributed by atoms with Crippen LogP contribution < -0.4 is 0 Å². The molecule has 5 unspecified atom stereocenters. The second kappa shape index (κ2) is 0.402. The molecule has 5 atom stereocenters. The Kier molecular flexibility index (Phi) is 0.151. The van der Waals surface area contributed by atoms with Gasteiger partial charge in [0.2, 0.25) is 0 Å². The van der Waals surface area contributed by atoms with Gasteiger partial charge in [-0.3, -0.25) is 0 Å². The first-order chi connectivity index (χ1) is 6.99. The second-order valence-corrected chi connectivity index (χ2v) is 34.8. The molecule has 0 amide bonds. The average Bonchev–Trinajstić information content (AvgIpc) is 3.12. The van der Waals surface area contributed by atoms with E-state index >= 15 is 0 Å². The van der Waals surface area contributed by atoms with Crippen LogP contribution in [0, 0.1) is 0 Å². The van der Waals surface area contributed by atoms with Gasteiger partial charge in [-0.15, -0.1) is 0 Å². The quantitative estimate of drug-likeness (QED) is 0.500. The van der Waals surface area contributed by atoms with Crippen LogP contribution >= 0.6 is 11.6 Å². The van der Waals surface area contributed by atoms with Gasteiger partial charge in [0.15, 0.2) is 0 Å². The molecule has 10 saturated heterocycles. The summed E-state index contributed by atoms with van der Waals surface area (Å²) in [5, 5.41) is 0. The van der Waals surface area contributed by atoms with Crippen molar-refractivity contribution in [3.05, 3.63) is 0 Å². The van der Waals surface area contributed by atoms with Crippen molar-refractivity contribution in [2.45, 2.75) is 66.4 Å². The Morgan fingerprint density at radius 1 is 1.07 bits per heavy atom. The Hall–Kier alpha value is 0.809. The molecule has 0 nitrogen and oxygen atoms in total. The van der Waals surface area contributed by atoms with Crippen LogP contribution in [-0.2, 0) is 6.51 Å². The van der Waals surface area contributed by atoms with E-state index < -0.39 is 6.51 Å². The van der Waals surface area contributed by atoms with Gasteiger partial charge >= 0.3 is 84.5 Å². The van der Waals surface area contributed by atoms with Gasteiger partial charge in [-0.05, 0) is 0 Å². The Morgan fingerprint density at radius 3 is 1.87 bits per heavy atom. The molecular formula is C13H15ClFe. The summed E-state index contributed by atoms with van der Waals surface area (Å²) in [7, 11) is 0. The fourth-order valence-electron chi connectivity index (χ4n) is 17.8. The van der Waals surface area contributed by atoms with Gasteiger partial charge in [-0.25, -0.2) is 0 Å². The van der Waals surface area contributed by atoms with Crippen LogP contribution in [0.5, 0.6) is 0 Å². The van der Waals surface area contributed by atoms with Gasteiger partial charge in [0.05, 0.1) is 0 Å². The molecule has 0 saturated carbocycles. The van der Waals surface area contributed by atoms with Gasteiger partial charge in [-0.1, -0.05) is 0 Å². The van der Waals surface area contributed by atoms with Crippen LogP contribution in [0.1, 0.15) is 19.8 Å². The molecule has 10 rings (SSSR count). The van der Waals surface area contributed by atoms with Crippen molar-refractivity contribution in [1.82, 2.24) is 0 Å². The molecule has 10 aliphatic heterocycles. The zero-order chi connectivity index (χ0) is 9.35. The van der Waals surface area contributed by atoms with Crippen molar-refractivity contribution in [3.63, 3.8) is 0 Å². The van der Waals surface area contributed by atoms with E-state index in [0.29, 0.717) is 3.77 Å². The van der Waals surface area contributed by atoms with Crippen LogP contribution in [0.2, 0.25) is 42.8 Å². The summed E-state index contributed by atoms with van der Waals surface area (Å²) < 4.78 is 1.70. The fraction of sp³-hybridized carbons (Fsp3) is 1.00. The summed E-state index contributed by atoms with van der Waals surface area (Å²) in [4.78, 5) is 10.9. The Labute approximate surface area is 84.4 Å². The van der Waals surface area contributed by atoms with Crippen LogP contribution in [0.15, 0.2) is 0 Å². The summed E-state index contributed by atoms with van der Waals surface area (Å²) in [6.07, 6.45) is 3.13. The summed E-state index contributed by atoms with van der Waals surface area (Å²) in [6, 6.07) is 0. The van der Waals surface area contributed by atoms with Crippen molar-refractivity contribution in [2.75, 3.05) is 0 Å². The first-order valence-electron chi connectivity index (χ1n) is 6.89. The molecule has 0 N–H and O–H groups in total. The van der Waals surface area contributed by atoms with Crippen LogP contribution in [-0.4, -0.2) is 3.77 Å². The zero-order valence-corrected chi connectivity index (χ0v) is 10.6. The fourth-order valence-corrected chi connectivity index (χ4v) is 99.0. The van der Waals surface area contributed by atoms with E-state index in [2.05, 4.69) is 6.92 Å². The molecule has 0 aliphatic carbocycles. The van der Waals surface area contributed by atoms with E-state index in [9.17, 15) is 0 Å². The average molecular weight is 263 g/mol. The molecule has 0 radical (unpaired) electrons. The van der Waals surface area contributed by atoms with Crippen molar-refractivity contribution in [3.8, 4) is 0 Å². The maximum atomic E-state index is 7.31. The number of alkyl halides is 1. The Bertz CT molecular complexity index is 933. The van der Waals surface area contributed by atoms with Gasteiger partial charge in [0, 0.05) is 0 Å². The first-order valence-corrected chi connectivity index (χ1v) is 13.5. The minimum atomic E-state index is -2.94. The third-order valence-corrected chi connectivity index (χ3v) is 62.0. The van der Waals surface area contributed by atoms with E-state index in [1.54, 1.807) is 6.42 Å². The molecule has 0 bridgehead atoms. The number of hydrogen-bond acceptors (Lipinski definition) is 0. The van der Waals surface area contributed by atoms with Crippen molar-refractivity contribution in [2.24, 2.45) is 0 Å². The zero-order valence-electron chi connectivity index (χ0n) is 8.76. The van der Waals surface area contributed by atoms with Crippen molar-refractivity contribution < 1.29 is 6.51 Å². The van der Waals surface area contributed by atoms with E-state index in [4.69, 9.17) is 11.6 Å². The standard InChI is InChI=1S/C8H10Cl.C5H5.Fe/c1-2-3-7-4-5-8(9)6-7;1-2-4-5-3-1;/h4-6H,2-3H2,1H3;1-5H;. The molecule has 10 fully saturated rings. The molecule has 0 aromatic carbocycles. The monoisotopic (exact) mass is 262 g/mol.